The zero-order chi connectivity index (χ0) is 13.9. The van der Waals surface area contributed by atoms with Gasteiger partial charge in [0.15, 0.2) is 0 Å². The van der Waals surface area contributed by atoms with Crippen molar-refractivity contribution in [2.75, 3.05) is 5.75 Å². The maximum Gasteiger partial charge on any atom is 0.313 e. The van der Waals surface area contributed by atoms with E-state index in [1.54, 1.807) is 0 Å². The van der Waals surface area contributed by atoms with Gasteiger partial charge in [0, 0.05) is 5.92 Å². The van der Waals surface area contributed by atoms with Crippen LogP contribution in [-0.4, -0.2) is 26.6 Å². The lowest BCUT2D eigenvalue weighted by Gasteiger charge is -2.17. The third-order valence-corrected chi connectivity index (χ3v) is 5.22. The molecule has 1 aromatic rings. The molecule has 1 aromatic heterocycles. The molecule has 2 saturated carbocycles. The first-order chi connectivity index (χ1) is 9.74. The number of carbonyl (C=O) groups is 1. The van der Waals surface area contributed by atoms with E-state index >= 15 is 0 Å². The van der Waals surface area contributed by atoms with Crippen LogP contribution in [0.3, 0.4) is 0 Å². The van der Waals surface area contributed by atoms with Crippen LogP contribution in [-0.2, 0) is 4.79 Å². The number of hydrogen-bond donors (Lipinski definition) is 1. The Bertz CT molecular complexity index is 474. The average Bonchev–Trinajstić information content (AvgIpc) is 3.22. The molecule has 0 bridgehead atoms. The molecule has 0 aliphatic heterocycles. The highest BCUT2D eigenvalue weighted by Gasteiger charge is 2.29. The molecule has 4 nitrogen and oxygen atoms in total. The minimum atomic E-state index is -0.753. The van der Waals surface area contributed by atoms with Crippen molar-refractivity contribution >= 4 is 17.7 Å². The molecule has 1 N–H and O–H groups in total. The Labute approximate surface area is 123 Å². The fourth-order valence-electron chi connectivity index (χ4n) is 2.98. The van der Waals surface area contributed by atoms with Crippen molar-refractivity contribution in [1.29, 1.82) is 0 Å². The second kappa shape index (κ2) is 6.20. The van der Waals surface area contributed by atoms with Gasteiger partial charge in [-0.1, -0.05) is 37.4 Å². The topological polar surface area (TPSA) is 55.1 Å². The number of rotatable bonds is 5. The van der Waals surface area contributed by atoms with Gasteiger partial charge in [0.1, 0.15) is 0 Å². The Morgan fingerprint density at radius 3 is 2.55 bits per heavy atom. The van der Waals surface area contributed by atoms with Gasteiger partial charge in [-0.15, -0.1) is 0 Å². The summed E-state index contributed by atoms with van der Waals surface area (Å²) < 4.78 is 2.15. The molecular weight excluding hydrogens is 272 g/mol. The summed E-state index contributed by atoms with van der Waals surface area (Å²) in [7, 11) is 0. The molecule has 2 fully saturated rings. The first-order valence-electron chi connectivity index (χ1n) is 7.68. The van der Waals surface area contributed by atoms with Gasteiger partial charge in [-0.25, -0.2) is 0 Å². The Morgan fingerprint density at radius 1 is 1.25 bits per heavy atom. The minimum absolute atomic E-state index is 0.127. The molecule has 0 spiro atoms. The molecule has 0 aromatic carbocycles. The Kier molecular flexibility index (Phi) is 4.34. The van der Waals surface area contributed by atoms with Gasteiger partial charge in [0.25, 0.3) is 0 Å². The summed E-state index contributed by atoms with van der Waals surface area (Å²) >= 11 is 1.42. The van der Waals surface area contributed by atoms with E-state index in [0.717, 1.165) is 5.03 Å². The Morgan fingerprint density at radius 2 is 1.95 bits per heavy atom. The lowest BCUT2D eigenvalue weighted by Crippen LogP contribution is -2.12. The second-order valence-electron chi connectivity index (χ2n) is 5.95. The van der Waals surface area contributed by atoms with E-state index in [2.05, 4.69) is 10.7 Å². The third kappa shape index (κ3) is 3.37. The highest BCUT2D eigenvalue weighted by atomic mass is 32.2. The molecule has 0 unspecified atom stereocenters. The predicted octanol–water partition coefficient (Wildman–Crippen LogP) is 3.83. The largest absolute Gasteiger partial charge is 0.481 e. The Hall–Kier alpha value is -0.970. The van der Waals surface area contributed by atoms with Crippen LogP contribution in [0.4, 0.5) is 0 Å². The van der Waals surface area contributed by atoms with Crippen molar-refractivity contribution in [2.45, 2.75) is 68.4 Å². The standard InChI is InChI=1S/C15H22N2O2S/c18-15(19)10-20-14-9-13(11-7-8-11)16-17(14)12-5-3-1-2-4-6-12/h9,11-12H,1-8,10H2,(H,18,19). The van der Waals surface area contributed by atoms with Gasteiger partial charge >= 0.3 is 5.97 Å². The van der Waals surface area contributed by atoms with Crippen molar-refractivity contribution < 1.29 is 9.90 Å². The SMILES string of the molecule is O=C(O)CSc1cc(C2CC2)nn1C1CCCCCC1. The van der Waals surface area contributed by atoms with Crippen LogP contribution in [0.5, 0.6) is 0 Å². The molecule has 5 heteroatoms. The monoisotopic (exact) mass is 294 g/mol. The van der Waals surface area contributed by atoms with Crippen molar-refractivity contribution in [3.05, 3.63) is 11.8 Å². The lowest BCUT2D eigenvalue weighted by atomic mass is 10.1. The van der Waals surface area contributed by atoms with Gasteiger partial charge in [0.2, 0.25) is 0 Å². The molecule has 1 heterocycles. The van der Waals surface area contributed by atoms with E-state index in [-0.39, 0.29) is 5.75 Å². The zero-order valence-corrected chi connectivity index (χ0v) is 12.6. The van der Waals surface area contributed by atoms with Crippen LogP contribution in [0.1, 0.15) is 69.0 Å². The minimum Gasteiger partial charge on any atom is -0.481 e. The first kappa shape index (κ1) is 14.0. The van der Waals surface area contributed by atoms with Crippen LogP contribution in [0.15, 0.2) is 11.1 Å². The van der Waals surface area contributed by atoms with Crippen LogP contribution in [0.2, 0.25) is 0 Å². The number of aromatic nitrogens is 2. The van der Waals surface area contributed by atoms with E-state index in [0.29, 0.717) is 12.0 Å². The van der Waals surface area contributed by atoms with Gasteiger partial charge in [-0.2, -0.15) is 5.10 Å². The fraction of sp³-hybridized carbons (Fsp3) is 0.733. The number of thioether (sulfide) groups is 1. The van der Waals surface area contributed by atoms with E-state index < -0.39 is 5.97 Å². The highest BCUT2D eigenvalue weighted by molar-refractivity contribution is 7.99. The molecule has 0 atom stereocenters. The predicted molar refractivity (Wildman–Crippen MR) is 79.3 cm³/mol. The molecule has 2 aliphatic rings. The van der Waals surface area contributed by atoms with Gasteiger partial charge in [-0.05, 0) is 31.7 Å². The van der Waals surface area contributed by atoms with Crippen LogP contribution < -0.4 is 0 Å². The van der Waals surface area contributed by atoms with Crippen LogP contribution in [0, 0.1) is 0 Å². The summed E-state index contributed by atoms with van der Waals surface area (Å²) in [4.78, 5) is 10.8. The van der Waals surface area contributed by atoms with Gasteiger partial charge < -0.3 is 5.11 Å². The smallest absolute Gasteiger partial charge is 0.313 e. The lowest BCUT2D eigenvalue weighted by molar-refractivity contribution is -0.133. The van der Waals surface area contributed by atoms with Crippen molar-refractivity contribution in [3.63, 3.8) is 0 Å². The summed E-state index contributed by atoms with van der Waals surface area (Å²) in [6.45, 7) is 0. The molecular formula is C15H22N2O2S. The van der Waals surface area contributed by atoms with Gasteiger partial charge in [-0.3, -0.25) is 9.48 Å². The Balaban J connectivity index is 1.79. The van der Waals surface area contributed by atoms with E-state index in [9.17, 15) is 4.79 Å². The first-order valence-corrected chi connectivity index (χ1v) is 8.66. The van der Waals surface area contributed by atoms with Crippen molar-refractivity contribution in [3.8, 4) is 0 Å². The highest BCUT2D eigenvalue weighted by Crippen LogP contribution is 2.41. The number of carboxylic acids is 1. The average molecular weight is 294 g/mol. The van der Waals surface area contributed by atoms with Crippen molar-refractivity contribution in [2.24, 2.45) is 0 Å². The molecule has 0 radical (unpaired) electrons. The molecule has 20 heavy (non-hydrogen) atoms. The molecule has 2 aliphatic carbocycles. The maximum atomic E-state index is 10.8. The number of carboxylic acid groups (broad SMARTS) is 1. The quantitative estimate of drug-likeness (QED) is 0.662. The zero-order valence-electron chi connectivity index (χ0n) is 11.8. The number of hydrogen-bond acceptors (Lipinski definition) is 3. The molecule has 0 amide bonds. The normalized spacial score (nSPS) is 20.8. The fourth-order valence-corrected chi connectivity index (χ4v) is 3.78. The second-order valence-corrected chi connectivity index (χ2v) is 6.95. The van der Waals surface area contributed by atoms with Crippen molar-refractivity contribution in [1.82, 2.24) is 9.78 Å². The maximum absolute atomic E-state index is 10.8. The van der Waals surface area contributed by atoms with Gasteiger partial charge in [0.05, 0.1) is 22.5 Å². The molecule has 110 valence electrons. The molecule has 3 rings (SSSR count). The number of nitrogens with zero attached hydrogens (tertiary/aromatic N) is 2. The summed E-state index contributed by atoms with van der Waals surface area (Å²) in [5.41, 5.74) is 1.18. The third-order valence-electron chi connectivity index (χ3n) is 4.23. The van der Waals surface area contributed by atoms with Crippen LogP contribution >= 0.6 is 11.8 Å². The van der Waals surface area contributed by atoms with E-state index in [4.69, 9.17) is 10.2 Å². The summed E-state index contributed by atoms with van der Waals surface area (Å²) in [5, 5.41) is 14.8. The number of aliphatic carboxylic acids is 1. The van der Waals surface area contributed by atoms with E-state index in [1.807, 2.05) is 0 Å². The summed E-state index contributed by atoms with van der Waals surface area (Å²) in [6.07, 6.45) is 10.0. The van der Waals surface area contributed by atoms with Crippen LogP contribution in [0.25, 0.3) is 0 Å². The van der Waals surface area contributed by atoms with E-state index in [1.165, 1.54) is 68.8 Å². The summed E-state index contributed by atoms with van der Waals surface area (Å²) in [5.74, 6) is 0.00509. The molecule has 0 saturated heterocycles. The summed E-state index contributed by atoms with van der Waals surface area (Å²) in [6, 6.07) is 2.61.